The van der Waals surface area contributed by atoms with Gasteiger partial charge in [0.1, 0.15) is 18.2 Å². The van der Waals surface area contributed by atoms with Crippen molar-refractivity contribution in [2.24, 2.45) is 0 Å². The molecule has 0 unspecified atom stereocenters. The van der Waals surface area contributed by atoms with E-state index < -0.39 is 0 Å². The molecule has 0 N–H and O–H groups in total. The first-order valence-corrected chi connectivity index (χ1v) is 4.16. The second-order valence-electron chi connectivity index (χ2n) is 2.90. The number of benzene rings is 1. The zero-order chi connectivity index (χ0) is 10.6. The van der Waals surface area contributed by atoms with Crippen LogP contribution in [0.5, 0.6) is 5.75 Å². The van der Waals surface area contributed by atoms with E-state index in [0.717, 1.165) is 0 Å². The van der Waals surface area contributed by atoms with Gasteiger partial charge in [0.05, 0.1) is 0 Å². The lowest BCUT2D eigenvalue weighted by molar-refractivity contribution is -0.113. The number of ketones is 1. The van der Waals surface area contributed by atoms with Crippen molar-refractivity contribution in [2.75, 3.05) is 6.61 Å². The Hall–Kier alpha value is -1.64. The SMILES string of the molecule is C=C(COc1ccc(F)cc1)C(C)=O. The maximum Gasteiger partial charge on any atom is 0.158 e. The lowest BCUT2D eigenvalue weighted by atomic mass is 10.2. The summed E-state index contributed by atoms with van der Waals surface area (Å²) in [6.45, 7) is 5.10. The first-order valence-electron chi connectivity index (χ1n) is 4.16. The first kappa shape index (κ1) is 10.4. The third kappa shape index (κ3) is 3.01. The van der Waals surface area contributed by atoms with Crippen LogP contribution in [0.2, 0.25) is 0 Å². The monoisotopic (exact) mass is 194 g/mol. The van der Waals surface area contributed by atoms with Crippen LogP contribution in [0.3, 0.4) is 0 Å². The van der Waals surface area contributed by atoms with Crippen molar-refractivity contribution < 1.29 is 13.9 Å². The fourth-order valence-electron chi connectivity index (χ4n) is 0.803. The van der Waals surface area contributed by atoms with Gasteiger partial charge < -0.3 is 4.74 Å². The molecule has 14 heavy (non-hydrogen) atoms. The number of hydrogen-bond acceptors (Lipinski definition) is 2. The third-order valence-corrected chi connectivity index (χ3v) is 1.72. The van der Waals surface area contributed by atoms with Crippen molar-refractivity contribution >= 4 is 5.78 Å². The third-order valence-electron chi connectivity index (χ3n) is 1.72. The fraction of sp³-hybridized carbons (Fsp3) is 0.182. The van der Waals surface area contributed by atoms with Crippen LogP contribution >= 0.6 is 0 Å². The quantitative estimate of drug-likeness (QED) is 0.688. The molecule has 74 valence electrons. The summed E-state index contributed by atoms with van der Waals surface area (Å²) in [7, 11) is 0. The second-order valence-corrected chi connectivity index (χ2v) is 2.90. The average Bonchev–Trinajstić information content (AvgIpc) is 2.16. The molecule has 2 nitrogen and oxygen atoms in total. The molecule has 0 heterocycles. The predicted octanol–water partition coefficient (Wildman–Crippen LogP) is 2.35. The predicted molar refractivity (Wildman–Crippen MR) is 51.7 cm³/mol. The molecule has 0 spiro atoms. The Morgan fingerprint density at radius 3 is 2.50 bits per heavy atom. The Bertz CT molecular complexity index is 341. The zero-order valence-corrected chi connectivity index (χ0v) is 7.92. The van der Waals surface area contributed by atoms with Gasteiger partial charge in [-0.05, 0) is 31.2 Å². The van der Waals surface area contributed by atoms with Crippen molar-refractivity contribution in [2.45, 2.75) is 6.92 Å². The van der Waals surface area contributed by atoms with E-state index in [-0.39, 0.29) is 18.2 Å². The van der Waals surface area contributed by atoms with E-state index in [1.165, 1.54) is 31.2 Å². The molecule has 0 aliphatic heterocycles. The van der Waals surface area contributed by atoms with E-state index in [0.29, 0.717) is 11.3 Å². The highest BCUT2D eigenvalue weighted by atomic mass is 19.1. The van der Waals surface area contributed by atoms with Crippen LogP contribution in [0, 0.1) is 5.82 Å². The molecular weight excluding hydrogens is 183 g/mol. The van der Waals surface area contributed by atoms with Gasteiger partial charge in [0, 0.05) is 5.57 Å². The summed E-state index contributed by atoms with van der Waals surface area (Å²) in [6.07, 6.45) is 0. The Balaban J connectivity index is 2.50. The van der Waals surface area contributed by atoms with Crippen molar-refractivity contribution in [1.82, 2.24) is 0 Å². The van der Waals surface area contributed by atoms with Gasteiger partial charge in [-0.2, -0.15) is 0 Å². The fourth-order valence-corrected chi connectivity index (χ4v) is 0.803. The maximum absolute atomic E-state index is 12.5. The number of rotatable bonds is 4. The molecule has 1 rings (SSSR count). The molecule has 1 aromatic carbocycles. The van der Waals surface area contributed by atoms with Gasteiger partial charge in [-0.25, -0.2) is 4.39 Å². The number of ether oxygens (including phenoxy) is 1. The average molecular weight is 194 g/mol. The molecule has 0 aromatic heterocycles. The normalized spacial score (nSPS) is 9.57. The van der Waals surface area contributed by atoms with Gasteiger partial charge >= 0.3 is 0 Å². The molecule has 0 atom stereocenters. The summed E-state index contributed by atoms with van der Waals surface area (Å²) in [6, 6.07) is 5.60. The highest BCUT2D eigenvalue weighted by Crippen LogP contribution is 2.11. The number of Topliss-reactive ketones (excluding diaryl/α,β-unsaturated/α-hetero) is 1. The number of hydrogen-bond donors (Lipinski definition) is 0. The van der Waals surface area contributed by atoms with Crippen molar-refractivity contribution in [3.05, 3.63) is 42.2 Å². The summed E-state index contributed by atoms with van der Waals surface area (Å²) in [4.78, 5) is 10.8. The lowest BCUT2D eigenvalue weighted by Crippen LogP contribution is -2.06. The molecule has 0 amide bonds. The van der Waals surface area contributed by atoms with Crippen molar-refractivity contribution in [3.8, 4) is 5.75 Å². The summed E-state index contributed by atoms with van der Waals surface area (Å²) in [5.74, 6) is 0.101. The molecular formula is C11H11FO2. The van der Waals surface area contributed by atoms with Gasteiger partial charge in [0.2, 0.25) is 0 Å². The van der Waals surface area contributed by atoms with Gasteiger partial charge in [-0.1, -0.05) is 6.58 Å². The van der Waals surface area contributed by atoms with E-state index in [2.05, 4.69) is 6.58 Å². The molecule has 0 saturated carbocycles. The van der Waals surface area contributed by atoms with E-state index in [4.69, 9.17) is 4.74 Å². The molecule has 3 heteroatoms. The highest BCUT2D eigenvalue weighted by Gasteiger charge is 2.01. The summed E-state index contributed by atoms with van der Waals surface area (Å²) in [5, 5.41) is 0. The minimum Gasteiger partial charge on any atom is -0.489 e. The van der Waals surface area contributed by atoms with Crippen LogP contribution < -0.4 is 4.74 Å². The second kappa shape index (κ2) is 4.56. The standard InChI is InChI=1S/C11H11FO2/c1-8(9(2)13)7-14-11-5-3-10(12)4-6-11/h3-6H,1,7H2,2H3. The smallest absolute Gasteiger partial charge is 0.158 e. The van der Waals surface area contributed by atoms with Gasteiger partial charge in [0.25, 0.3) is 0 Å². The van der Waals surface area contributed by atoms with Gasteiger partial charge in [-0.15, -0.1) is 0 Å². The first-order chi connectivity index (χ1) is 6.59. The van der Waals surface area contributed by atoms with Crippen molar-refractivity contribution in [3.63, 3.8) is 0 Å². The Morgan fingerprint density at radius 2 is 2.00 bits per heavy atom. The van der Waals surface area contributed by atoms with Crippen LogP contribution in [0.15, 0.2) is 36.4 Å². The Kier molecular flexibility index (Phi) is 3.40. The Morgan fingerprint density at radius 1 is 1.43 bits per heavy atom. The highest BCUT2D eigenvalue weighted by molar-refractivity contribution is 5.92. The van der Waals surface area contributed by atoms with Gasteiger partial charge in [-0.3, -0.25) is 4.79 Å². The van der Waals surface area contributed by atoms with E-state index in [9.17, 15) is 9.18 Å². The van der Waals surface area contributed by atoms with Crippen LogP contribution in [0.25, 0.3) is 0 Å². The molecule has 0 radical (unpaired) electrons. The Labute approximate surface area is 82.0 Å². The van der Waals surface area contributed by atoms with Crippen LogP contribution in [0.4, 0.5) is 4.39 Å². The van der Waals surface area contributed by atoms with Gasteiger partial charge in [0.15, 0.2) is 5.78 Å². The molecule has 0 saturated heterocycles. The molecule has 1 aromatic rings. The van der Waals surface area contributed by atoms with E-state index in [1.807, 2.05) is 0 Å². The van der Waals surface area contributed by atoms with Crippen LogP contribution in [-0.2, 0) is 4.79 Å². The van der Waals surface area contributed by atoms with E-state index in [1.54, 1.807) is 0 Å². The minimum absolute atomic E-state index is 0.105. The van der Waals surface area contributed by atoms with Crippen LogP contribution in [-0.4, -0.2) is 12.4 Å². The molecule has 0 aliphatic carbocycles. The van der Waals surface area contributed by atoms with Crippen LogP contribution in [0.1, 0.15) is 6.92 Å². The zero-order valence-electron chi connectivity index (χ0n) is 7.92. The summed E-state index contributed by atoms with van der Waals surface area (Å²) >= 11 is 0. The van der Waals surface area contributed by atoms with Crippen molar-refractivity contribution in [1.29, 1.82) is 0 Å². The maximum atomic E-state index is 12.5. The van der Waals surface area contributed by atoms with E-state index >= 15 is 0 Å². The largest absolute Gasteiger partial charge is 0.489 e. The molecule has 0 bridgehead atoms. The molecule has 0 fully saturated rings. The lowest BCUT2D eigenvalue weighted by Gasteiger charge is -2.05. The number of halogens is 1. The minimum atomic E-state index is -0.317. The summed E-state index contributed by atoms with van der Waals surface area (Å²) in [5.41, 5.74) is 0.398. The summed E-state index contributed by atoms with van der Waals surface area (Å²) < 4.78 is 17.7. The topological polar surface area (TPSA) is 26.3 Å². The number of carbonyl (C=O) groups is 1. The number of carbonyl (C=O) groups excluding carboxylic acids is 1. The molecule has 0 aliphatic rings.